The Kier molecular flexibility index (Phi) is 4.72. The van der Waals surface area contributed by atoms with Gasteiger partial charge in [0.2, 0.25) is 5.89 Å². The van der Waals surface area contributed by atoms with Gasteiger partial charge in [-0.3, -0.25) is 0 Å². The van der Waals surface area contributed by atoms with Crippen molar-refractivity contribution in [3.63, 3.8) is 0 Å². The van der Waals surface area contributed by atoms with E-state index in [4.69, 9.17) is 4.42 Å². The number of hydrogen-bond donors (Lipinski definition) is 1. The lowest BCUT2D eigenvalue weighted by Crippen LogP contribution is -2.04. The van der Waals surface area contributed by atoms with Gasteiger partial charge in [-0.05, 0) is 18.4 Å². The molecule has 0 unspecified atom stereocenters. The van der Waals surface area contributed by atoms with Gasteiger partial charge in [-0.25, -0.2) is 4.68 Å². The molecule has 0 saturated heterocycles. The molecular formula is C18H22N6O. The first-order valence-corrected chi connectivity index (χ1v) is 8.87. The van der Waals surface area contributed by atoms with Gasteiger partial charge in [0.15, 0.2) is 0 Å². The van der Waals surface area contributed by atoms with Crippen molar-refractivity contribution in [3.05, 3.63) is 53.7 Å². The molecule has 1 aromatic carbocycles. The van der Waals surface area contributed by atoms with Crippen LogP contribution in [0.1, 0.15) is 55.2 Å². The van der Waals surface area contributed by atoms with Crippen molar-refractivity contribution in [1.29, 1.82) is 0 Å². The van der Waals surface area contributed by atoms with Gasteiger partial charge in [0.25, 0.3) is 0 Å². The van der Waals surface area contributed by atoms with Crippen LogP contribution in [0.3, 0.4) is 0 Å². The second-order valence-corrected chi connectivity index (χ2v) is 6.53. The maximum Gasteiger partial charge on any atom is 0.315 e. The Hall–Kier alpha value is -2.70. The van der Waals surface area contributed by atoms with Crippen LogP contribution in [0, 0.1) is 0 Å². The molecule has 0 aliphatic heterocycles. The highest BCUT2D eigenvalue weighted by Gasteiger charge is 2.21. The number of nitrogens with one attached hydrogen (secondary N) is 1. The molecule has 7 heteroatoms. The van der Waals surface area contributed by atoms with E-state index >= 15 is 0 Å². The molecule has 25 heavy (non-hydrogen) atoms. The molecule has 7 nitrogen and oxygen atoms in total. The maximum atomic E-state index is 5.76. The third kappa shape index (κ3) is 4.04. The Balaban J connectivity index is 1.32. The second-order valence-electron chi connectivity index (χ2n) is 6.53. The van der Waals surface area contributed by atoms with Crippen LogP contribution in [0.25, 0.3) is 0 Å². The lowest BCUT2D eigenvalue weighted by molar-refractivity contribution is 0.367. The van der Waals surface area contributed by atoms with Crippen LogP contribution < -0.4 is 5.32 Å². The molecule has 3 aromatic rings. The fourth-order valence-electron chi connectivity index (χ4n) is 3.25. The van der Waals surface area contributed by atoms with Crippen molar-refractivity contribution in [2.45, 2.75) is 51.1 Å². The van der Waals surface area contributed by atoms with Crippen molar-refractivity contribution < 1.29 is 4.42 Å². The zero-order valence-corrected chi connectivity index (χ0v) is 14.1. The fraction of sp³-hybridized carbons (Fsp3) is 0.444. The Morgan fingerprint density at radius 2 is 1.88 bits per heavy atom. The van der Waals surface area contributed by atoms with Crippen molar-refractivity contribution in [3.8, 4) is 0 Å². The molecule has 1 aliphatic carbocycles. The Bertz CT molecular complexity index is 791. The van der Waals surface area contributed by atoms with Gasteiger partial charge < -0.3 is 9.73 Å². The van der Waals surface area contributed by atoms with E-state index in [0.717, 1.165) is 24.4 Å². The molecule has 2 aromatic heterocycles. The number of anilines is 1. The average Bonchev–Trinajstić information content (AvgIpc) is 3.31. The highest BCUT2D eigenvalue weighted by Crippen LogP contribution is 2.32. The molecule has 0 atom stereocenters. The summed E-state index contributed by atoms with van der Waals surface area (Å²) in [6.07, 6.45) is 8.04. The molecule has 1 saturated carbocycles. The average molecular weight is 338 g/mol. The van der Waals surface area contributed by atoms with Crippen molar-refractivity contribution in [2.24, 2.45) is 0 Å². The number of nitrogens with zero attached hydrogens (tertiary/aromatic N) is 5. The monoisotopic (exact) mass is 338 g/mol. The highest BCUT2D eigenvalue weighted by atomic mass is 16.4. The molecule has 1 N–H and O–H groups in total. The third-order valence-corrected chi connectivity index (χ3v) is 4.59. The summed E-state index contributed by atoms with van der Waals surface area (Å²) in [7, 11) is 0. The van der Waals surface area contributed by atoms with E-state index < -0.39 is 0 Å². The summed E-state index contributed by atoms with van der Waals surface area (Å²) in [6, 6.07) is 10.7. The van der Waals surface area contributed by atoms with E-state index in [-0.39, 0.29) is 0 Å². The predicted octanol–water partition coefficient (Wildman–Crippen LogP) is 3.37. The second kappa shape index (κ2) is 7.46. The minimum absolute atomic E-state index is 0.420. The van der Waals surface area contributed by atoms with E-state index in [9.17, 15) is 0 Å². The number of hydrogen-bond acceptors (Lipinski definition) is 6. The van der Waals surface area contributed by atoms with Crippen molar-refractivity contribution in [1.82, 2.24) is 25.2 Å². The van der Waals surface area contributed by atoms with Crippen LogP contribution in [0.2, 0.25) is 0 Å². The van der Waals surface area contributed by atoms with Gasteiger partial charge in [0.05, 0.1) is 19.3 Å². The van der Waals surface area contributed by atoms with Crippen LogP contribution in [0.5, 0.6) is 0 Å². The van der Waals surface area contributed by atoms with E-state index in [1.807, 2.05) is 29.1 Å². The molecule has 0 spiro atoms. The van der Waals surface area contributed by atoms with E-state index in [1.165, 1.54) is 24.8 Å². The first-order valence-electron chi connectivity index (χ1n) is 8.87. The van der Waals surface area contributed by atoms with Crippen LogP contribution in [-0.2, 0) is 13.1 Å². The van der Waals surface area contributed by atoms with Gasteiger partial charge in [-0.2, -0.15) is 0 Å². The molecule has 0 amide bonds. The zero-order valence-electron chi connectivity index (χ0n) is 14.1. The minimum atomic E-state index is 0.420. The molecular weight excluding hydrogens is 316 g/mol. The van der Waals surface area contributed by atoms with E-state index in [0.29, 0.717) is 25.0 Å². The normalized spacial score (nSPS) is 15.4. The first kappa shape index (κ1) is 15.8. The molecule has 1 aliphatic rings. The number of aromatic nitrogens is 5. The van der Waals surface area contributed by atoms with Gasteiger partial charge in [0, 0.05) is 5.92 Å². The molecule has 130 valence electrons. The van der Waals surface area contributed by atoms with Gasteiger partial charge in [-0.1, -0.05) is 59.9 Å². The summed E-state index contributed by atoms with van der Waals surface area (Å²) in [5.41, 5.74) is 2.04. The van der Waals surface area contributed by atoms with Gasteiger partial charge in [0.1, 0.15) is 5.69 Å². The summed E-state index contributed by atoms with van der Waals surface area (Å²) in [5, 5.41) is 19.8. The topological polar surface area (TPSA) is 81.7 Å². The lowest BCUT2D eigenvalue weighted by Gasteiger charge is -2.17. The summed E-state index contributed by atoms with van der Waals surface area (Å²) in [5.74, 6) is 1.18. The fourth-order valence-corrected chi connectivity index (χ4v) is 3.25. The Morgan fingerprint density at radius 3 is 2.72 bits per heavy atom. The van der Waals surface area contributed by atoms with Gasteiger partial charge in [-0.15, -0.1) is 10.2 Å². The van der Waals surface area contributed by atoms with Crippen LogP contribution in [0.4, 0.5) is 6.01 Å². The molecule has 2 heterocycles. The van der Waals surface area contributed by atoms with E-state index in [2.05, 4.69) is 38.0 Å². The standard InChI is InChI=1S/C18H22N6O/c1-3-7-14(8-4-1)12-24-13-16(20-23-24)11-19-18-22-21-17(25-18)15-9-5-2-6-10-15/h1,3-4,7-8,13,15H,2,5-6,9-12H2,(H,19,22). The maximum absolute atomic E-state index is 5.76. The predicted molar refractivity (Wildman–Crippen MR) is 93.0 cm³/mol. The summed E-state index contributed by atoms with van der Waals surface area (Å²) in [4.78, 5) is 0. The van der Waals surface area contributed by atoms with E-state index in [1.54, 1.807) is 0 Å². The van der Waals surface area contributed by atoms with Gasteiger partial charge >= 0.3 is 6.01 Å². The number of rotatable bonds is 6. The third-order valence-electron chi connectivity index (χ3n) is 4.59. The molecule has 1 fully saturated rings. The quantitative estimate of drug-likeness (QED) is 0.742. The smallest absolute Gasteiger partial charge is 0.315 e. The Labute approximate surface area is 146 Å². The van der Waals surface area contributed by atoms with Crippen molar-refractivity contribution >= 4 is 6.01 Å². The summed E-state index contributed by atoms with van der Waals surface area (Å²) < 4.78 is 7.59. The van der Waals surface area contributed by atoms with Crippen LogP contribution in [0.15, 0.2) is 40.9 Å². The van der Waals surface area contributed by atoms with Crippen LogP contribution in [-0.4, -0.2) is 25.2 Å². The molecule has 0 radical (unpaired) electrons. The van der Waals surface area contributed by atoms with Crippen LogP contribution >= 0.6 is 0 Å². The summed E-state index contributed by atoms with van der Waals surface area (Å²) in [6.45, 7) is 1.22. The largest absolute Gasteiger partial charge is 0.408 e. The SMILES string of the molecule is c1ccc(Cn2cc(CNc3nnc(C4CCCCC4)o3)nn2)cc1. The zero-order chi connectivity index (χ0) is 16.9. The lowest BCUT2D eigenvalue weighted by atomic mass is 9.89. The minimum Gasteiger partial charge on any atom is -0.408 e. The Morgan fingerprint density at radius 1 is 1.04 bits per heavy atom. The molecule has 0 bridgehead atoms. The van der Waals surface area contributed by atoms with Crippen molar-refractivity contribution in [2.75, 3.05) is 5.32 Å². The molecule has 4 rings (SSSR count). The highest BCUT2D eigenvalue weighted by molar-refractivity contribution is 5.20. The number of benzene rings is 1. The first-order chi connectivity index (χ1) is 12.4. The summed E-state index contributed by atoms with van der Waals surface area (Å²) >= 11 is 0.